The van der Waals surface area contributed by atoms with E-state index in [1.807, 2.05) is 0 Å². The van der Waals surface area contributed by atoms with E-state index in [1.165, 1.54) is 55.7 Å². The van der Waals surface area contributed by atoms with Crippen LogP contribution >= 0.6 is 0 Å². The van der Waals surface area contributed by atoms with E-state index in [0.717, 1.165) is 6.26 Å². The molecule has 0 atom stereocenters. The second kappa shape index (κ2) is 7.27. The van der Waals surface area contributed by atoms with Gasteiger partial charge in [0, 0.05) is 11.3 Å². The minimum atomic E-state index is -3.36. The van der Waals surface area contributed by atoms with Crippen molar-refractivity contribution in [2.24, 2.45) is 0 Å². The largest absolute Gasteiger partial charge is 0.494 e. The lowest BCUT2D eigenvalue weighted by molar-refractivity contribution is 0.104. The molecule has 0 aliphatic rings. The highest BCUT2D eigenvalue weighted by Crippen LogP contribution is 2.19. The maximum Gasteiger partial charge on any atom is 0.229 e. The van der Waals surface area contributed by atoms with E-state index in [0.29, 0.717) is 16.8 Å². The Morgan fingerprint density at radius 1 is 1.17 bits per heavy atom. The van der Waals surface area contributed by atoms with Crippen LogP contribution in [0.4, 0.5) is 10.1 Å². The van der Waals surface area contributed by atoms with Crippen LogP contribution in [-0.4, -0.2) is 27.6 Å². The standard InChI is InChI=1S/C17H16FNO4S/c1-23-17-10-4-12(11-15(17)18)3-9-16(20)13-5-7-14(8-6-13)19-24(2,21)22/h3-11,19H,1-2H3/b9-3+. The van der Waals surface area contributed by atoms with Crippen molar-refractivity contribution in [2.45, 2.75) is 0 Å². The van der Waals surface area contributed by atoms with Crippen LogP contribution in [0.15, 0.2) is 48.5 Å². The number of carbonyl (C=O) groups excluding carboxylic acids is 1. The first kappa shape index (κ1) is 17.7. The van der Waals surface area contributed by atoms with Gasteiger partial charge in [0.1, 0.15) is 0 Å². The van der Waals surface area contributed by atoms with Crippen LogP contribution in [0, 0.1) is 5.82 Å². The molecule has 0 aliphatic carbocycles. The summed E-state index contributed by atoms with van der Waals surface area (Å²) < 4.78 is 43.0. The van der Waals surface area contributed by atoms with Crippen molar-refractivity contribution >= 4 is 27.6 Å². The van der Waals surface area contributed by atoms with Gasteiger partial charge in [-0.3, -0.25) is 9.52 Å². The van der Waals surface area contributed by atoms with Crippen molar-refractivity contribution in [2.75, 3.05) is 18.1 Å². The van der Waals surface area contributed by atoms with Crippen LogP contribution in [0.3, 0.4) is 0 Å². The topological polar surface area (TPSA) is 72.5 Å². The predicted molar refractivity (Wildman–Crippen MR) is 91.2 cm³/mol. The van der Waals surface area contributed by atoms with E-state index >= 15 is 0 Å². The molecule has 0 heterocycles. The van der Waals surface area contributed by atoms with Crippen LogP contribution in [-0.2, 0) is 10.0 Å². The second-order valence-electron chi connectivity index (χ2n) is 5.04. The number of hydrogen-bond donors (Lipinski definition) is 1. The summed E-state index contributed by atoms with van der Waals surface area (Å²) in [6.07, 6.45) is 3.86. The zero-order valence-electron chi connectivity index (χ0n) is 13.1. The van der Waals surface area contributed by atoms with E-state index in [4.69, 9.17) is 4.74 Å². The summed E-state index contributed by atoms with van der Waals surface area (Å²) in [6, 6.07) is 10.4. The maximum atomic E-state index is 13.6. The fraction of sp³-hybridized carbons (Fsp3) is 0.118. The Balaban J connectivity index is 2.10. The molecule has 0 saturated heterocycles. The van der Waals surface area contributed by atoms with Gasteiger partial charge in [0.25, 0.3) is 0 Å². The molecule has 2 aromatic rings. The van der Waals surface area contributed by atoms with Crippen LogP contribution in [0.2, 0.25) is 0 Å². The minimum Gasteiger partial charge on any atom is -0.494 e. The number of methoxy groups -OCH3 is 1. The highest BCUT2D eigenvalue weighted by molar-refractivity contribution is 7.92. The lowest BCUT2D eigenvalue weighted by Crippen LogP contribution is -2.09. The summed E-state index contributed by atoms with van der Waals surface area (Å²) in [5.74, 6) is -0.659. The number of ketones is 1. The Bertz CT molecular complexity index is 874. The quantitative estimate of drug-likeness (QED) is 0.642. The number of halogens is 1. The van der Waals surface area contributed by atoms with Gasteiger partial charge in [0.15, 0.2) is 17.3 Å². The monoisotopic (exact) mass is 349 g/mol. The average molecular weight is 349 g/mol. The normalized spacial score (nSPS) is 11.5. The van der Waals surface area contributed by atoms with Gasteiger partial charge in [-0.25, -0.2) is 12.8 Å². The van der Waals surface area contributed by atoms with Crippen molar-refractivity contribution in [3.05, 3.63) is 65.5 Å². The number of benzene rings is 2. The van der Waals surface area contributed by atoms with E-state index in [-0.39, 0.29) is 11.5 Å². The number of ether oxygens (including phenoxy) is 1. The Labute approximate surface area is 139 Å². The first-order valence-electron chi connectivity index (χ1n) is 6.92. The molecule has 0 aliphatic heterocycles. The first-order chi connectivity index (χ1) is 11.3. The van der Waals surface area contributed by atoms with Crippen molar-refractivity contribution in [3.63, 3.8) is 0 Å². The van der Waals surface area contributed by atoms with Gasteiger partial charge < -0.3 is 4.74 Å². The number of carbonyl (C=O) groups is 1. The van der Waals surface area contributed by atoms with E-state index in [1.54, 1.807) is 6.07 Å². The summed E-state index contributed by atoms with van der Waals surface area (Å²) in [6.45, 7) is 0. The summed E-state index contributed by atoms with van der Waals surface area (Å²) in [5, 5.41) is 0. The second-order valence-corrected chi connectivity index (χ2v) is 6.79. The fourth-order valence-corrected chi connectivity index (χ4v) is 2.54. The van der Waals surface area contributed by atoms with Crippen LogP contribution in [0.25, 0.3) is 6.08 Å². The molecule has 0 unspecified atom stereocenters. The summed E-state index contributed by atoms with van der Waals surface area (Å²) in [5.41, 5.74) is 1.28. The molecule has 7 heteroatoms. The average Bonchev–Trinajstić information content (AvgIpc) is 2.52. The van der Waals surface area contributed by atoms with Gasteiger partial charge in [-0.2, -0.15) is 0 Å². The lowest BCUT2D eigenvalue weighted by atomic mass is 10.1. The molecule has 0 spiro atoms. The third kappa shape index (κ3) is 4.92. The van der Waals surface area contributed by atoms with Gasteiger partial charge in [-0.1, -0.05) is 12.1 Å². The van der Waals surface area contributed by atoms with Crippen LogP contribution in [0.1, 0.15) is 15.9 Å². The third-order valence-electron chi connectivity index (χ3n) is 3.08. The van der Waals surface area contributed by atoms with E-state index in [2.05, 4.69) is 4.72 Å². The Morgan fingerprint density at radius 2 is 1.83 bits per heavy atom. The smallest absolute Gasteiger partial charge is 0.229 e. The molecule has 126 valence electrons. The third-order valence-corrected chi connectivity index (χ3v) is 3.68. The summed E-state index contributed by atoms with van der Waals surface area (Å²) >= 11 is 0. The van der Waals surface area contributed by atoms with E-state index < -0.39 is 15.8 Å². The molecule has 2 aromatic carbocycles. The summed E-state index contributed by atoms with van der Waals surface area (Å²) in [4.78, 5) is 12.1. The maximum absolute atomic E-state index is 13.6. The van der Waals surface area contributed by atoms with Gasteiger partial charge in [-0.05, 0) is 48.0 Å². The Morgan fingerprint density at radius 3 is 2.38 bits per heavy atom. The van der Waals surface area contributed by atoms with Gasteiger partial charge in [-0.15, -0.1) is 0 Å². The molecule has 1 N–H and O–H groups in total. The molecule has 24 heavy (non-hydrogen) atoms. The number of rotatable bonds is 6. The van der Waals surface area contributed by atoms with Gasteiger partial charge in [0.05, 0.1) is 13.4 Å². The molecule has 2 rings (SSSR count). The molecule has 0 radical (unpaired) electrons. The SMILES string of the molecule is COc1ccc(/C=C/C(=O)c2ccc(NS(C)(=O)=O)cc2)cc1F. The Hall–Kier alpha value is -2.67. The Kier molecular flexibility index (Phi) is 5.35. The number of allylic oxidation sites excluding steroid dienone is 1. The molecule has 0 fully saturated rings. The summed E-state index contributed by atoms with van der Waals surface area (Å²) in [7, 11) is -1.99. The molecule has 0 saturated carbocycles. The van der Waals surface area contributed by atoms with Crippen molar-refractivity contribution in [3.8, 4) is 5.75 Å². The van der Waals surface area contributed by atoms with Crippen LogP contribution < -0.4 is 9.46 Å². The highest BCUT2D eigenvalue weighted by atomic mass is 32.2. The van der Waals surface area contributed by atoms with Crippen LogP contribution in [0.5, 0.6) is 5.75 Å². The number of nitrogens with one attached hydrogen (secondary N) is 1. The molecule has 5 nitrogen and oxygen atoms in total. The lowest BCUT2D eigenvalue weighted by Gasteiger charge is -2.04. The number of hydrogen-bond acceptors (Lipinski definition) is 4. The van der Waals surface area contributed by atoms with Crippen molar-refractivity contribution in [1.29, 1.82) is 0 Å². The molecular weight excluding hydrogens is 333 g/mol. The molecule has 0 bridgehead atoms. The fourth-order valence-electron chi connectivity index (χ4n) is 1.97. The highest BCUT2D eigenvalue weighted by Gasteiger charge is 2.05. The van der Waals surface area contributed by atoms with Gasteiger partial charge >= 0.3 is 0 Å². The molecule has 0 amide bonds. The molecule has 0 aromatic heterocycles. The number of anilines is 1. The van der Waals surface area contributed by atoms with Gasteiger partial charge in [0.2, 0.25) is 10.0 Å². The van der Waals surface area contributed by atoms with Crippen molar-refractivity contribution < 1.29 is 22.3 Å². The molecular formula is C17H16FNO4S. The zero-order valence-corrected chi connectivity index (χ0v) is 13.9. The minimum absolute atomic E-state index is 0.132. The number of sulfonamides is 1. The first-order valence-corrected chi connectivity index (χ1v) is 8.81. The van der Waals surface area contributed by atoms with E-state index in [9.17, 15) is 17.6 Å². The van der Waals surface area contributed by atoms with Crippen molar-refractivity contribution in [1.82, 2.24) is 0 Å². The predicted octanol–water partition coefficient (Wildman–Crippen LogP) is 3.10. The zero-order chi connectivity index (χ0) is 17.7.